The van der Waals surface area contributed by atoms with Gasteiger partial charge in [-0.3, -0.25) is 4.79 Å². The van der Waals surface area contributed by atoms with Gasteiger partial charge in [0.2, 0.25) is 5.91 Å². The molecule has 1 saturated heterocycles. The molecule has 1 unspecified atom stereocenters. The molecule has 0 spiro atoms. The Balaban J connectivity index is 1.87. The van der Waals surface area contributed by atoms with Crippen LogP contribution < -0.4 is 9.64 Å². The maximum absolute atomic E-state index is 12.3. The molecule has 0 aliphatic carbocycles. The molecule has 0 radical (unpaired) electrons. The highest BCUT2D eigenvalue weighted by atomic mass is 16.5. The number of amides is 1. The fourth-order valence-corrected chi connectivity index (χ4v) is 2.98. The molecule has 5 nitrogen and oxygen atoms in total. The van der Waals surface area contributed by atoms with E-state index in [4.69, 9.17) is 9.47 Å². The van der Waals surface area contributed by atoms with Gasteiger partial charge >= 0.3 is 0 Å². The minimum absolute atomic E-state index is 0.238. The van der Waals surface area contributed by atoms with Crippen molar-refractivity contribution in [3.05, 3.63) is 24.3 Å². The summed E-state index contributed by atoms with van der Waals surface area (Å²) in [5, 5.41) is 0. The number of nitrogens with zero attached hydrogens (tertiary/aromatic N) is 2. The molecular weight excluding hydrogens is 292 g/mol. The Hall–Kier alpha value is -1.75. The van der Waals surface area contributed by atoms with Gasteiger partial charge in [0.05, 0.1) is 7.11 Å². The van der Waals surface area contributed by atoms with Crippen LogP contribution >= 0.6 is 0 Å². The monoisotopic (exact) mass is 320 g/mol. The van der Waals surface area contributed by atoms with Crippen LogP contribution in [0.5, 0.6) is 5.75 Å². The van der Waals surface area contributed by atoms with Crippen molar-refractivity contribution in [1.29, 1.82) is 0 Å². The summed E-state index contributed by atoms with van der Waals surface area (Å²) in [6, 6.07) is 8.40. The molecule has 1 heterocycles. The van der Waals surface area contributed by atoms with Gasteiger partial charge in [-0.1, -0.05) is 6.07 Å². The van der Waals surface area contributed by atoms with Crippen LogP contribution in [0.1, 0.15) is 26.7 Å². The number of hydrogen-bond acceptors (Lipinski definition) is 4. The largest absolute Gasteiger partial charge is 0.497 e. The molecule has 1 aliphatic heterocycles. The van der Waals surface area contributed by atoms with Gasteiger partial charge in [-0.2, -0.15) is 0 Å². The van der Waals surface area contributed by atoms with Crippen LogP contribution in [0.3, 0.4) is 0 Å². The lowest BCUT2D eigenvalue weighted by Crippen LogP contribution is -2.53. The Labute approximate surface area is 139 Å². The number of ether oxygens (including phenoxy) is 2. The Bertz CT molecular complexity index is 507. The number of benzene rings is 1. The first kappa shape index (κ1) is 17.6. The van der Waals surface area contributed by atoms with Crippen molar-refractivity contribution in [1.82, 2.24) is 4.90 Å². The molecule has 0 bridgehead atoms. The minimum atomic E-state index is 0.238. The van der Waals surface area contributed by atoms with Crippen LogP contribution in [0.15, 0.2) is 24.3 Å². The Kier molecular flexibility index (Phi) is 6.71. The average Bonchev–Trinajstić information content (AvgIpc) is 2.58. The first-order valence-corrected chi connectivity index (χ1v) is 8.42. The standard InChI is InChI=1S/C18H28N2O3/c1-4-23-12-6-9-18(21)19-10-11-20(15(2)14-19)16-7-5-8-17(13-16)22-3/h5,7-8,13,15H,4,6,9-12,14H2,1-3H3. The molecule has 128 valence electrons. The maximum Gasteiger partial charge on any atom is 0.222 e. The predicted octanol–water partition coefficient (Wildman–Crippen LogP) is 2.55. The summed E-state index contributed by atoms with van der Waals surface area (Å²) in [5.41, 5.74) is 1.15. The molecule has 0 aromatic heterocycles. The third-order valence-electron chi connectivity index (χ3n) is 4.25. The van der Waals surface area contributed by atoms with E-state index in [1.807, 2.05) is 24.0 Å². The molecule has 1 atom stereocenters. The van der Waals surface area contributed by atoms with Gasteiger partial charge in [0.25, 0.3) is 0 Å². The van der Waals surface area contributed by atoms with E-state index in [9.17, 15) is 4.79 Å². The summed E-state index contributed by atoms with van der Waals surface area (Å²) in [7, 11) is 1.68. The van der Waals surface area contributed by atoms with Crippen molar-refractivity contribution >= 4 is 11.6 Å². The summed E-state index contributed by atoms with van der Waals surface area (Å²) in [4.78, 5) is 16.6. The van der Waals surface area contributed by atoms with E-state index < -0.39 is 0 Å². The van der Waals surface area contributed by atoms with Crippen molar-refractivity contribution in [2.24, 2.45) is 0 Å². The van der Waals surface area contributed by atoms with E-state index in [1.165, 1.54) is 0 Å². The molecule has 0 saturated carbocycles. The number of piperazine rings is 1. The maximum atomic E-state index is 12.3. The lowest BCUT2D eigenvalue weighted by atomic mass is 10.1. The second kappa shape index (κ2) is 8.77. The summed E-state index contributed by atoms with van der Waals surface area (Å²) in [5.74, 6) is 1.10. The fourth-order valence-electron chi connectivity index (χ4n) is 2.98. The molecule has 0 N–H and O–H groups in total. The smallest absolute Gasteiger partial charge is 0.222 e. The number of methoxy groups -OCH3 is 1. The number of carbonyl (C=O) groups is 1. The van der Waals surface area contributed by atoms with E-state index in [0.29, 0.717) is 25.7 Å². The summed E-state index contributed by atoms with van der Waals surface area (Å²) < 4.78 is 10.6. The van der Waals surface area contributed by atoms with Gasteiger partial charge in [-0.05, 0) is 32.4 Å². The number of rotatable bonds is 7. The van der Waals surface area contributed by atoms with Crippen molar-refractivity contribution in [3.8, 4) is 5.75 Å². The van der Waals surface area contributed by atoms with Crippen LogP contribution in [0.4, 0.5) is 5.69 Å². The van der Waals surface area contributed by atoms with Gasteiger partial charge in [0.1, 0.15) is 5.75 Å². The SMILES string of the molecule is CCOCCCC(=O)N1CCN(c2cccc(OC)c2)C(C)C1. The van der Waals surface area contributed by atoms with Crippen LogP contribution in [0.25, 0.3) is 0 Å². The van der Waals surface area contributed by atoms with E-state index in [1.54, 1.807) is 7.11 Å². The summed E-state index contributed by atoms with van der Waals surface area (Å²) in [6.45, 7) is 7.91. The first-order valence-electron chi connectivity index (χ1n) is 8.42. The van der Waals surface area contributed by atoms with Crippen molar-refractivity contribution < 1.29 is 14.3 Å². The predicted molar refractivity (Wildman–Crippen MR) is 92.1 cm³/mol. The van der Waals surface area contributed by atoms with Gasteiger partial charge in [-0.25, -0.2) is 0 Å². The van der Waals surface area contributed by atoms with Gasteiger partial charge in [0.15, 0.2) is 0 Å². The van der Waals surface area contributed by atoms with Crippen LogP contribution in [0, 0.1) is 0 Å². The highest BCUT2D eigenvalue weighted by Crippen LogP contribution is 2.25. The number of carbonyl (C=O) groups excluding carboxylic acids is 1. The minimum Gasteiger partial charge on any atom is -0.497 e. The fraction of sp³-hybridized carbons (Fsp3) is 0.611. The molecule has 1 aromatic rings. The molecule has 1 aromatic carbocycles. The Morgan fingerprint density at radius 3 is 2.87 bits per heavy atom. The zero-order valence-electron chi connectivity index (χ0n) is 14.5. The number of anilines is 1. The lowest BCUT2D eigenvalue weighted by molar-refractivity contribution is -0.132. The molecule has 1 fully saturated rings. The Morgan fingerprint density at radius 2 is 2.17 bits per heavy atom. The van der Waals surface area contributed by atoms with Crippen LogP contribution in [0.2, 0.25) is 0 Å². The van der Waals surface area contributed by atoms with Crippen molar-refractivity contribution in [2.75, 3.05) is 44.9 Å². The van der Waals surface area contributed by atoms with E-state index in [2.05, 4.69) is 24.0 Å². The molecule has 2 rings (SSSR count). The molecule has 1 amide bonds. The normalized spacial score (nSPS) is 18.1. The summed E-state index contributed by atoms with van der Waals surface area (Å²) in [6.07, 6.45) is 1.38. The van der Waals surface area contributed by atoms with E-state index >= 15 is 0 Å². The molecule has 23 heavy (non-hydrogen) atoms. The number of hydrogen-bond donors (Lipinski definition) is 0. The third-order valence-corrected chi connectivity index (χ3v) is 4.25. The quantitative estimate of drug-likeness (QED) is 0.724. The van der Waals surface area contributed by atoms with Gasteiger partial charge in [0, 0.05) is 57.1 Å². The first-order chi connectivity index (χ1) is 11.2. The summed E-state index contributed by atoms with van der Waals surface area (Å²) >= 11 is 0. The Morgan fingerprint density at radius 1 is 1.35 bits per heavy atom. The van der Waals surface area contributed by atoms with Gasteiger partial charge < -0.3 is 19.3 Å². The molecule has 5 heteroatoms. The lowest BCUT2D eigenvalue weighted by Gasteiger charge is -2.41. The second-order valence-electron chi connectivity index (χ2n) is 5.88. The second-order valence-corrected chi connectivity index (χ2v) is 5.88. The van der Waals surface area contributed by atoms with Gasteiger partial charge in [-0.15, -0.1) is 0 Å². The highest BCUT2D eigenvalue weighted by Gasteiger charge is 2.26. The van der Waals surface area contributed by atoms with Crippen LogP contribution in [-0.4, -0.2) is 56.8 Å². The topological polar surface area (TPSA) is 42.0 Å². The van der Waals surface area contributed by atoms with E-state index in [0.717, 1.165) is 37.5 Å². The average molecular weight is 320 g/mol. The van der Waals surface area contributed by atoms with Crippen molar-refractivity contribution in [3.63, 3.8) is 0 Å². The molecular formula is C18H28N2O3. The van der Waals surface area contributed by atoms with Crippen LogP contribution in [-0.2, 0) is 9.53 Å². The van der Waals surface area contributed by atoms with Crippen molar-refractivity contribution in [2.45, 2.75) is 32.7 Å². The molecule has 1 aliphatic rings. The highest BCUT2D eigenvalue weighted by molar-refractivity contribution is 5.76. The van der Waals surface area contributed by atoms with E-state index in [-0.39, 0.29) is 5.91 Å². The zero-order chi connectivity index (χ0) is 16.7. The third kappa shape index (κ3) is 4.86. The zero-order valence-corrected chi connectivity index (χ0v) is 14.5.